The topological polar surface area (TPSA) is 20.3 Å². The van der Waals surface area contributed by atoms with Gasteiger partial charge in [-0.2, -0.15) is 0 Å². The number of benzene rings is 4. The fraction of sp³-hybridized carbons (Fsp3) is 0.100. The lowest BCUT2D eigenvalue weighted by Gasteiger charge is -2.36. The zero-order valence-corrected chi connectivity index (χ0v) is 17.9. The number of hydrogen-bond donors (Lipinski definition) is 0. The minimum Gasteiger partial charge on any atom is -0.307 e. The van der Waals surface area contributed by atoms with Gasteiger partial charge in [0.15, 0.2) is 0 Å². The monoisotopic (exact) mass is 415 g/mol. The van der Waals surface area contributed by atoms with Crippen LogP contribution in [0.2, 0.25) is 0 Å². The summed E-state index contributed by atoms with van der Waals surface area (Å²) in [6, 6.07) is 38.8. The number of carbonyl (C=O) groups is 1. The first kappa shape index (κ1) is 20.0. The highest BCUT2D eigenvalue weighted by Crippen LogP contribution is 2.54. The molecule has 1 heterocycles. The van der Waals surface area contributed by atoms with Gasteiger partial charge in [-0.25, -0.2) is 0 Å². The quantitative estimate of drug-likeness (QED) is 0.330. The number of rotatable bonds is 6. The van der Waals surface area contributed by atoms with Crippen molar-refractivity contribution in [1.29, 1.82) is 0 Å². The molecule has 2 nitrogen and oxygen atoms in total. The lowest BCUT2D eigenvalue weighted by Crippen LogP contribution is -2.45. The van der Waals surface area contributed by atoms with Gasteiger partial charge in [-0.1, -0.05) is 115 Å². The molecule has 0 spiro atoms. The zero-order chi connectivity index (χ0) is 22.0. The van der Waals surface area contributed by atoms with Crippen molar-refractivity contribution in [2.75, 3.05) is 4.90 Å². The van der Waals surface area contributed by atoms with Crippen LogP contribution < -0.4 is 4.90 Å². The highest BCUT2D eigenvalue weighted by atomic mass is 16.2. The molecule has 0 aliphatic carbocycles. The van der Waals surface area contributed by atoms with Crippen LogP contribution in [0.25, 0.3) is 0 Å². The molecule has 5 rings (SSSR count). The number of allylic oxidation sites excluding steroid dienone is 1. The summed E-state index contributed by atoms with van der Waals surface area (Å²) in [7, 11) is 0. The summed E-state index contributed by atoms with van der Waals surface area (Å²) in [5.74, 6) is -0.122. The summed E-state index contributed by atoms with van der Waals surface area (Å²) >= 11 is 0. The Labute approximate surface area is 189 Å². The van der Waals surface area contributed by atoms with Gasteiger partial charge in [-0.05, 0) is 28.3 Å². The Hall–Kier alpha value is -3.91. The van der Waals surface area contributed by atoms with E-state index < -0.39 is 5.41 Å². The van der Waals surface area contributed by atoms with Gasteiger partial charge < -0.3 is 4.90 Å². The maximum atomic E-state index is 14.5. The Balaban J connectivity index is 1.77. The molecule has 0 N–H and O–H groups in total. The molecular formula is C30H25NO. The average Bonchev–Trinajstić information content (AvgIpc) is 3.10. The second-order valence-corrected chi connectivity index (χ2v) is 8.19. The van der Waals surface area contributed by atoms with Crippen LogP contribution in [0.5, 0.6) is 0 Å². The number of fused-ring (bicyclic) bond motifs is 1. The number of anilines is 1. The molecular weight excluding hydrogens is 390 g/mol. The molecule has 0 saturated carbocycles. The van der Waals surface area contributed by atoms with E-state index in [1.54, 1.807) is 0 Å². The van der Waals surface area contributed by atoms with Gasteiger partial charge in [0.05, 0.1) is 6.54 Å². The van der Waals surface area contributed by atoms with E-state index in [0.717, 1.165) is 27.9 Å². The normalized spacial score (nSPS) is 18.2. The van der Waals surface area contributed by atoms with E-state index in [9.17, 15) is 4.79 Å². The largest absolute Gasteiger partial charge is 0.307 e. The molecule has 1 amide bonds. The van der Waals surface area contributed by atoms with Crippen LogP contribution in [-0.4, -0.2) is 5.91 Å². The van der Waals surface area contributed by atoms with E-state index in [4.69, 9.17) is 0 Å². The van der Waals surface area contributed by atoms with Crippen molar-refractivity contribution in [2.24, 2.45) is 0 Å². The first-order valence-electron chi connectivity index (χ1n) is 10.9. The van der Waals surface area contributed by atoms with Crippen molar-refractivity contribution in [3.63, 3.8) is 0 Å². The van der Waals surface area contributed by atoms with Crippen molar-refractivity contribution in [3.8, 4) is 0 Å². The van der Waals surface area contributed by atoms with E-state index in [-0.39, 0.29) is 11.8 Å². The Morgan fingerprint density at radius 2 is 1.31 bits per heavy atom. The maximum absolute atomic E-state index is 14.5. The van der Waals surface area contributed by atoms with Crippen LogP contribution in [-0.2, 0) is 16.8 Å². The van der Waals surface area contributed by atoms with E-state index in [1.807, 2.05) is 77.7 Å². The smallest absolute Gasteiger partial charge is 0.243 e. The molecule has 156 valence electrons. The van der Waals surface area contributed by atoms with E-state index >= 15 is 0 Å². The van der Waals surface area contributed by atoms with Crippen LogP contribution in [0.3, 0.4) is 0 Å². The molecule has 0 bridgehead atoms. The number of para-hydroxylation sites is 1. The molecule has 0 fully saturated rings. The molecule has 1 aliphatic rings. The van der Waals surface area contributed by atoms with Crippen molar-refractivity contribution in [3.05, 3.63) is 150 Å². The van der Waals surface area contributed by atoms with Crippen molar-refractivity contribution in [1.82, 2.24) is 0 Å². The minimum atomic E-state index is -0.879. The van der Waals surface area contributed by atoms with Gasteiger partial charge in [-0.15, -0.1) is 6.58 Å². The molecule has 2 unspecified atom stereocenters. The van der Waals surface area contributed by atoms with E-state index in [1.165, 1.54) is 0 Å². The molecule has 4 aromatic rings. The predicted molar refractivity (Wildman–Crippen MR) is 131 cm³/mol. The molecule has 2 heteroatoms. The number of hydrogen-bond acceptors (Lipinski definition) is 1. The van der Waals surface area contributed by atoms with Crippen LogP contribution in [0.1, 0.15) is 28.2 Å². The summed E-state index contributed by atoms with van der Waals surface area (Å²) in [6.07, 6.45) is 1.93. The third-order valence-electron chi connectivity index (χ3n) is 6.48. The van der Waals surface area contributed by atoms with Crippen molar-refractivity contribution < 1.29 is 4.79 Å². The third kappa shape index (κ3) is 3.07. The van der Waals surface area contributed by atoms with E-state index in [0.29, 0.717) is 6.54 Å². The Bertz CT molecular complexity index is 1230. The fourth-order valence-electron chi connectivity index (χ4n) is 5.09. The molecule has 32 heavy (non-hydrogen) atoms. The molecule has 4 aromatic carbocycles. The summed E-state index contributed by atoms with van der Waals surface area (Å²) in [6.45, 7) is 4.73. The number of nitrogens with zero attached hydrogens (tertiary/aromatic N) is 1. The summed E-state index contributed by atoms with van der Waals surface area (Å²) in [5.41, 5.74) is 4.29. The van der Waals surface area contributed by atoms with Gasteiger partial charge >= 0.3 is 0 Å². The second-order valence-electron chi connectivity index (χ2n) is 8.19. The minimum absolute atomic E-state index is 0.0857. The van der Waals surface area contributed by atoms with Gasteiger partial charge in [-0.3, -0.25) is 4.79 Å². The van der Waals surface area contributed by atoms with Gasteiger partial charge in [0.2, 0.25) is 5.91 Å². The average molecular weight is 416 g/mol. The SMILES string of the molecule is C=CC(c1ccccc1)C1(c2ccccc2)C(=O)N(Cc2ccccc2)c2ccccc21. The first-order valence-corrected chi connectivity index (χ1v) is 10.9. The van der Waals surface area contributed by atoms with Crippen LogP contribution >= 0.6 is 0 Å². The Morgan fingerprint density at radius 1 is 0.750 bits per heavy atom. The maximum Gasteiger partial charge on any atom is 0.243 e. The van der Waals surface area contributed by atoms with Gasteiger partial charge in [0.1, 0.15) is 5.41 Å². The van der Waals surface area contributed by atoms with E-state index in [2.05, 4.69) is 55.1 Å². The number of carbonyl (C=O) groups excluding carboxylic acids is 1. The van der Waals surface area contributed by atoms with Crippen LogP contribution in [0.4, 0.5) is 5.69 Å². The van der Waals surface area contributed by atoms with Crippen molar-refractivity contribution >= 4 is 11.6 Å². The third-order valence-corrected chi connectivity index (χ3v) is 6.48. The van der Waals surface area contributed by atoms with Gasteiger partial charge in [0.25, 0.3) is 0 Å². The fourth-order valence-corrected chi connectivity index (χ4v) is 5.09. The first-order chi connectivity index (χ1) is 15.8. The summed E-state index contributed by atoms with van der Waals surface area (Å²) < 4.78 is 0. The number of amides is 1. The molecule has 2 atom stereocenters. The summed E-state index contributed by atoms with van der Waals surface area (Å²) in [5, 5.41) is 0. The van der Waals surface area contributed by atoms with Gasteiger partial charge in [0, 0.05) is 11.6 Å². The summed E-state index contributed by atoms with van der Waals surface area (Å²) in [4.78, 5) is 16.5. The molecule has 0 radical (unpaired) electrons. The Morgan fingerprint density at radius 3 is 1.97 bits per heavy atom. The zero-order valence-electron chi connectivity index (χ0n) is 17.9. The van der Waals surface area contributed by atoms with Crippen LogP contribution in [0.15, 0.2) is 128 Å². The lowest BCUT2D eigenvalue weighted by molar-refractivity contribution is -0.122. The predicted octanol–water partition coefficient (Wildman–Crippen LogP) is 6.49. The molecule has 0 saturated heterocycles. The standard InChI is InChI=1S/C30H25NO/c1-2-26(24-16-8-4-9-17-24)30(25-18-10-5-11-19-25)27-20-12-13-21-28(27)31(29(30)32)22-23-14-6-3-7-15-23/h2-21,26H,1,22H2. The molecule has 1 aliphatic heterocycles. The lowest BCUT2D eigenvalue weighted by atomic mass is 9.64. The highest BCUT2D eigenvalue weighted by Gasteiger charge is 2.56. The molecule has 0 aromatic heterocycles. The van der Waals surface area contributed by atoms with Crippen molar-refractivity contribution in [2.45, 2.75) is 17.9 Å². The van der Waals surface area contributed by atoms with Crippen LogP contribution in [0, 0.1) is 0 Å². The highest BCUT2D eigenvalue weighted by molar-refractivity contribution is 6.11. The Kier molecular flexibility index (Phi) is 5.20. The second kappa shape index (κ2) is 8.32.